The Kier molecular flexibility index (Phi) is 3.07. The van der Waals surface area contributed by atoms with Gasteiger partial charge in [0.2, 0.25) is 6.29 Å². The molecule has 0 saturated heterocycles. The summed E-state index contributed by atoms with van der Waals surface area (Å²) >= 11 is 0. The lowest BCUT2D eigenvalue weighted by molar-refractivity contribution is -0.397. The molecule has 9 heteroatoms. The van der Waals surface area contributed by atoms with E-state index >= 15 is 0 Å². The molecule has 68 valence electrons. The van der Waals surface area contributed by atoms with E-state index in [-0.39, 0.29) is 0 Å². The highest BCUT2D eigenvalue weighted by Crippen LogP contribution is 2.09. The van der Waals surface area contributed by atoms with Gasteiger partial charge in [0.25, 0.3) is 0 Å². The molecule has 0 amide bonds. The van der Waals surface area contributed by atoms with Crippen molar-refractivity contribution in [3.8, 4) is 0 Å². The Morgan fingerprint density at radius 3 is 1.55 bits per heavy atom. The maximum atomic E-state index is 8.32. The molecule has 0 aliphatic carbocycles. The highest BCUT2D eigenvalue weighted by atomic mass is 28.4. The van der Waals surface area contributed by atoms with Crippen LogP contribution in [0.5, 0.6) is 0 Å². The van der Waals surface area contributed by atoms with Crippen LogP contribution in [0.4, 0.5) is 0 Å². The number of aliphatic hydroxyl groups is 4. The highest BCUT2D eigenvalue weighted by Gasteiger charge is 2.46. The molecule has 0 fully saturated rings. The maximum absolute atomic E-state index is 8.32. The minimum atomic E-state index is -5.18. The van der Waals surface area contributed by atoms with Crippen molar-refractivity contribution in [1.29, 1.82) is 0 Å². The molecular formula is C2H8O8Si. The van der Waals surface area contributed by atoms with Gasteiger partial charge < -0.3 is 34.8 Å². The standard InChI is InChI=1S/C2H8O8Si/c3-1(4)2(5,6)10-11(7,8)9/h1,3-9H. The average molecular weight is 188 g/mol. The Morgan fingerprint density at radius 2 is 1.45 bits per heavy atom. The van der Waals surface area contributed by atoms with Crippen molar-refractivity contribution in [2.24, 2.45) is 0 Å². The van der Waals surface area contributed by atoms with Crippen LogP contribution in [0.3, 0.4) is 0 Å². The van der Waals surface area contributed by atoms with Crippen LogP contribution in [0.1, 0.15) is 0 Å². The van der Waals surface area contributed by atoms with Crippen molar-refractivity contribution in [1.82, 2.24) is 0 Å². The number of rotatable bonds is 3. The Balaban J connectivity index is 4.13. The van der Waals surface area contributed by atoms with Gasteiger partial charge in [-0.15, -0.1) is 0 Å². The maximum Gasteiger partial charge on any atom is 0.675 e. The lowest BCUT2D eigenvalue weighted by atomic mass is 10.5. The van der Waals surface area contributed by atoms with Gasteiger partial charge in [-0.2, -0.15) is 0 Å². The summed E-state index contributed by atoms with van der Waals surface area (Å²) in [6.45, 7) is 0. The normalized spacial score (nSPS) is 14.2. The van der Waals surface area contributed by atoms with E-state index in [0.29, 0.717) is 0 Å². The zero-order valence-corrected chi connectivity index (χ0v) is 6.12. The summed E-state index contributed by atoms with van der Waals surface area (Å²) in [5.74, 6) is -3.59. The summed E-state index contributed by atoms with van der Waals surface area (Å²) in [7, 11) is -5.18. The Morgan fingerprint density at radius 1 is 1.09 bits per heavy atom. The van der Waals surface area contributed by atoms with Crippen molar-refractivity contribution in [3.63, 3.8) is 0 Å². The lowest BCUT2D eigenvalue weighted by Crippen LogP contribution is -2.55. The molecule has 11 heavy (non-hydrogen) atoms. The number of hydrogen-bond acceptors (Lipinski definition) is 8. The Bertz CT molecular complexity index is 125. The van der Waals surface area contributed by atoms with Gasteiger partial charge in [0.05, 0.1) is 0 Å². The fraction of sp³-hybridized carbons (Fsp3) is 1.00. The fourth-order valence-corrected chi connectivity index (χ4v) is 0.763. The molecule has 0 bridgehead atoms. The van der Waals surface area contributed by atoms with Gasteiger partial charge in [-0.05, 0) is 0 Å². The van der Waals surface area contributed by atoms with Crippen LogP contribution >= 0.6 is 0 Å². The summed E-state index contributed by atoms with van der Waals surface area (Å²) in [5.41, 5.74) is 0. The molecule has 0 rings (SSSR count). The molecule has 0 spiro atoms. The molecule has 7 N–H and O–H groups in total. The first-order valence-corrected chi connectivity index (χ1v) is 4.08. The molecule has 0 radical (unpaired) electrons. The van der Waals surface area contributed by atoms with E-state index in [0.717, 1.165) is 0 Å². The van der Waals surface area contributed by atoms with E-state index in [2.05, 4.69) is 4.43 Å². The third kappa shape index (κ3) is 4.36. The minimum Gasteiger partial charge on any atom is -0.367 e. The van der Waals surface area contributed by atoms with Crippen molar-refractivity contribution in [2.45, 2.75) is 12.3 Å². The predicted molar refractivity (Wildman–Crippen MR) is 28.9 cm³/mol. The van der Waals surface area contributed by atoms with Crippen molar-refractivity contribution in [3.05, 3.63) is 0 Å². The van der Waals surface area contributed by atoms with Crippen LogP contribution in [0, 0.1) is 0 Å². The first kappa shape index (κ1) is 10.9. The van der Waals surface area contributed by atoms with E-state index in [9.17, 15) is 0 Å². The SMILES string of the molecule is OC(O)C(O)(O)O[Si](O)(O)O. The second-order valence-electron chi connectivity index (χ2n) is 1.71. The molecule has 0 aliphatic rings. The summed E-state index contributed by atoms with van der Waals surface area (Å²) in [4.78, 5) is 24.3. The molecule has 8 nitrogen and oxygen atoms in total. The molecule has 0 atom stereocenters. The monoisotopic (exact) mass is 188 g/mol. The van der Waals surface area contributed by atoms with Crippen LogP contribution in [0.25, 0.3) is 0 Å². The van der Waals surface area contributed by atoms with Gasteiger partial charge in [0.15, 0.2) is 0 Å². The average Bonchev–Trinajstić information content (AvgIpc) is 1.56. The van der Waals surface area contributed by atoms with Gasteiger partial charge in [-0.25, -0.2) is 0 Å². The second-order valence-corrected chi connectivity index (χ2v) is 3.06. The predicted octanol–water partition coefficient (Wildman–Crippen LogP) is -4.64. The van der Waals surface area contributed by atoms with E-state index in [1.165, 1.54) is 0 Å². The summed E-state index contributed by atoms with van der Waals surface area (Å²) < 4.78 is 3.30. The summed E-state index contributed by atoms with van der Waals surface area (Å²) in [6, 6.07) is 0. The molecule has 0 aromatic heterocycles. The molecule has 0 saturated carbocycles. The molecule has 0 aliphatic heterocycles. The van der Waals surface area contributed by atoms with Gasteiger partial charge in [-0.1, -0.05) is 0 Å². The number of aliphatic hydroxyl groups excluding tert-OH is 1. The lowest BCUT2D eigenvalue weighted by Gasteiger charge is -2.25. The van der Waals surface area contributed by atoms with Crippen LogP contribution < -0.4 is 0 Å². The quantitative estimate of drug-likeness (QED) is 0.172. The van der Waals surface area contributed by atoms with E-state index in [4.69, 9.17) is 34.8 Å². The smallest absolute Gasteiger partial charge is 0.367 e. The summed E-state index contributed by atoms with van der Waals surface area (Å²) in [5, 5.41) is 32.8. The molecule has 0 aromatic rings. The highest BCUT2D eigenvalue weighted by molar-refractivity contribution is 6.48. The second kappa shape index (κ2) is 3.10. The first-order valence-electron chi connectivity index (χ1n) is 2.33. The van der Waals surface area contributed by atoms with Crippen molar-refractivity contribution >= 4 is 9.05 Å². The van der Waals surface area contributed by atoms with E-state index in [1.54, 1.807) is 0 Å². The Labute approximate surface area is 61.7 Å². The zero-order chi connectivity index (χ0) is 9.28. The molecule has 0 unspecified atom stereocenters. The Hall–Kier alpha value is -0.103. The third-order valence-electron chi connectivity index (χ3n) is 0.623. The van der Waals surface area contributed by atoms with E-state index in [1.807, 2.05) is 0 Å². The van der Waals surface area contributed by atoms with Crippen LogP contribution in [0.2, 0.25) is 0 Å². The van der Waals surface area contributed by atoms with Gasteiger partial charge in [-0.3, -0.25) is 4.43 Å². The van der Waals surface area contributed by atoms with Gasteiger partial charge in [0.1, 0.15) is 0 Å². The minimum absolute atomic E-state index is 2.78. The third-order valence-corrected chi connectivity index (χ3v) is 1.20. The van der Waals surface area contributed by atoms with E-state index < -0.39 is 21.3 Å². The molecule has 0 heterocycles. The topological polar surface area (TPSA) is 151 Å². The largest absolute Gasteiger partial charge is 0.675 e. The van der Waals surface area contributed by atoms with Gasteiger partial charge in [0, 0.05) is 0 Å². The van der Waals surface area contributed by atoms with Crippen LogP contribution in [-0.4, -0.2) is 56.1 Å². The van der Waals surface area contributed by atoms with Crippen molar-refractivity contribution in [2.75, 3.05) is 0 Å². The van der Waals surface area contributed by atoms with Gasteiger partial charge >= 0.3 is 15.0 Å². The molecular weight excluding hydrogens is 180 g/mol. The zero-order valence-electron chi connectivity index (χ0n) is 5.12. The summed E-state index contributed by atoms with van der Waals surface area (Å²) in [6.07, 6.45) is -2.78. The van der Waals surface area contributed by atoms with Crippen molar-refractivity contribution < 1.29 is 39.2 Å². The first-order chi connectivity index (χ1) is 4.65. The number of hydrogen-bond donors (Lipinski definition) is 7. The van der Waals surface area contributed by atoms with Crippen LogP contribution in [-0.2, 0) is 4.43 Å². The molecule has 0 aromatic carbocycles. The fourth-order valence-electron chi connectivity index (χ4n) is 0.254. The van der Waals surface area contributed by atoms with Crippen LogP contribution in [0.15, 0.2) is 0 Å².